The van der Waals surface area contributed by atoms with Gasteiger partial charge in [-0.15, -0.1) is 0 Å². The topological polar surface area (TPSA) is 64.0 Å². The third-order valence-electron chi connectivity index (χ3n) is 1.85. The Kier molecular flexibility index (Phi) is 1.74. The zero-order valence-corrected chi connectivity index (χ0v) is 6.91. The third-order valence-corrected chi connectivity index (χ3v) is 2.18. The standard InChI is InChI=1S/C5H9ClN2O3/c1-5(11)3(9)8(6)4(10)7(5)2/h3,9,11H,1-2H3. The zero-order chi connectivity index (χ0) is 8.81. The molecule has 2 unspecified atom stereocenters. The molecule has 64 valence electrons. The van der Waals surface area contributed by atoms with E-state index in [0.29, 0.717) is 4.42 Å². The Morgan fingerprint density at radius 2 is 2.18 bits per heavy atom. The second-order valence-electron chi connectivity index (χ2n) is 2.62. The average molecular weight is 181 g/mol. The summed E-state index contributed by atoms with van der Waals surface area (Å²) in [4.78, 5) is 11.9. The van der Waals surface area contributed by atoms with Gasteiger partial charge in [0.05, 0.1) is 0 Å². The first-order chi connectivity index (χ1) is 4.89. The second kappa shape index (κ2) is 2.23. The first-order valence-corrected chi connectivity index (χ1v) is 3.36. The maximum Gasteiger partial charge on any atom is 0.339 e. The molecule has 6 heteroatoms. The van der Waals surface area contributed by atoms with Gasteiger partial charge in [-0.2, -0.15) is 0 Å². The van der Waals surface area contributed by atoms with Gasteiger partial charge >= 0.3 is 6.03 Å². The Morgan fingerprint density at radius 1 is 1.73 bits per heavy atom. The number of hydrogen-bond donors (Lipinski definition) is 2. The van der Waals surface area contributed by atoms with E-state index in [-0.39, 0.29) is 0 Å². The molecule has 0 radical (unpaired) electrons. The van der Waals surface area contributed by atoms with Crippen LogP contribution in [0, 0.1) is 0 Å². The fraction of sp³-hybridized carbons (Fsp3) is 0.800. The number of carbonyl (C=O) groups excluding carboxylic acids is 1. The number of rotatable bonds is 0. The zero-order valence-electron chi connectivity index (χ0n) is 6.15. The lowest BCUT2D eigenvalue weighted by Crippen LogP contribution is -2.46. The highest BCUT2D eigenvalue weighted by atomic mass is 35.5. The molecule has 0 aromatic carbocycles. The van der Waals surface area contributed by atoms with Crippen LogP contribution in [0.15, 0.2) is 0 Å². The molecule has 1 aliphatic rings. The van der Waals surface area contributed by atoms with Gasteiger partial charge in [-0.25, -0.2) is 9.21 Å². The Hall–Kier alpha value is -0.520. The van der Waals surface area contributed by atoms with Crippen molar-refractivity contribution in [1.29, 1.82) is 0 Å². The van der Waals surface area contributed by atoms with Crippen LogP contribution in [0.25, 0.3) is 0 Å². The van der Waals surface area contributed by atoms with Gasteiger partial charge in [0.15, 0.2) is 12.0 Å². The third kappa shape index (κ3) is 0.962. The van der Waals surface area contributed by atoms with E-state index >= 15 is 0 Å². The predicted octanol–water partition coefficient (Wildman–Crippen LogP) is -0.465. The molecule has 1 aliphatic heterocycles. The van der Waals surface area contributed by atoms with Crippen molar-refractivity contribution in [3.8, 4) is 0 Å². The molecule has 0 bridgehead atoms. The fourth-order valence-electron chi connectivity index (χ4n) is 0.829. The van der Waals surface area contributed by atoms with Crippen LogP contribution >= 0.6 is 11.8 Å². The van der Waals surface area contributed by atoms with Gasteiger partial charge in [0.1, 0.15) is 0 Å². The Labute approximate surface area is 68.9 Å². The van der Waals surface area contributed by atoms with Gasteiger partial charge < -0.3 is 10.2 Å². The van der Waals surface area contributed by atoms with Gasteiger partial charge in [0.2, 0.25) is 0 Å². The summed E-state index contributed by atoms with van der Waals surface area (Å²) in [6.07, 6.45) is -1.39. The van der Waals surface area contributed by atoms with Crippen molar-refractivity contribution >= 4 is 17.8 Å². The van der Waals surface area contributed by atoms with Crippen LogP contribution in [0.2, 0.25) is 0 Å². The molecule has 1 heterocycles. The first-order valence-electron chi connectivity index (χ1n) is 3.02. The van der Waals surface area contributed by atoms with Gasteiger partial charge in [-0.3, -0.25) is 4.90 Å². The molecule has 11 heavy (non-hydrogen) atoms. The van der Waals surface area contributed by atoms with Crippen molar-refractivity contribution in [2.75, 3.05) is 7.05 Å². The molecular weight excluding hydrogens is 172 g/mol. The molecule has 2 amide bonds. The first kappa shape index (κ1) is 8.58. The normalized spacial score (nSPS) is 38.6. The van der Waals surface area contributed by atoms with E-state index in [4.69, 9.17) is 16.9 Å². The number of amides is 2. The van der Waals surface area contributed by atoms with E-state index in [2.05, 4.69) is 0 Å². The average Bonchev–Trinajstić information content (AvgIpc) is 2.06. The highest BCUT2D eigenvalue weighted by molar-refractivity contribution is 6.21. The molecule has 0 aliphatic carbocycles. The molecule has 1 fully saturated rings. The quantitative estimate of drug-likeness (QED) is 0.496. The van der Waals surface area contributed by atoms with Gasteiger partial charge in [0, 0.05) is 18.8 Å². The number of nitrogens with zero attached hydrogens (tertiary/aromatic N) is 2. The molecular formula is C5H9ClN2O3. The minimum atomic E-state index is -1.61. The van der Waals surface area contributed by atoms with E-state index in [0.717, 1.165) is 4.90 Å². The van der Waals surface area contributed by atoms with E-state index in [9.17, 15) is 9.90 Å². The number of hydrogen-bond acceptors (Lipinski definition) is 3. The molecule has 2 atom stereocenters. The van der Waals surface area contributed by atoms with Crippen molar-refractivity contribution in [2.45, 2.75) is 18.9 Å². The number of carbonyl (C=O) groups is 1. The van der Waals surface area contributed by atoms with E-state index in [1.165, 1.54) is 14.0 Å². The molecule has 1 rings (SSSR count). The smallest absolute Gasteiger partial charge is 0.339 e. The Balaban J connectivity index is 2.96. The van der Waals surface area contributed by atoms with Gasteiger partial charge in [-0.1, -0.05) is 0 Å². The number of likely N-dealkylation sites (N-methyl/N-ethyl adjacent to an activating group) is 1. The van der Waals surface area contributed by atoms with E-state index in [1.54, 1.807) is 0 Å². The lowest BCUT2D eigenvalue weighted by atomic mass is 10.2. The van der Waals surface area contributed by atoms with Gasteiger partial charge in [-0.05, 0) is 6.92 Å². The van der Waals surface area contributed by atoms with Crippen LogP contribution in [-0.2, 0) is 0 Å². The molecule has 0 spiro atoms. The maximum absolute atomic E-state index is 10.9. The number of halogens is 1. The monoisotopic (exact) mass is 180 g/mol. The lowest BCUT2D eigenvalue weighted by Gasteiger charge is -2.26. The summed E-state index contributed by atoms with van der Waals surface area (Å²) in [6, 6.07) is -0.621. The minimum Gasteiger partial charge on any atom is -0.368 e. The fourth-order valence-corrected chi connectivity index (χ4v) is 1.13. The van der Waals surface area contributed by atoms with Crippen molar-refractivity contribution in [3.05, 3.63) is 0 Å². The summed E-state index contributed by atoms with van der Waals surface area (Å²) >= 11 is 5.32. The van der Waals surface area contributed by atoms with Crippen LogP contribution in [0.4, 0.5) is 4.79 Å². The SMILES string of the molecule is CN1C(=O)N(Cl)C(O)C1(C)O. The van der Waals surface area contributed by atoms with Crippen LogP contribution in [0.1, 0.15) is 6.92 Å². The van der Waals surface area contributed by atoms with Crippen molar-refractivity contribution in [3.63, 3.8) is 0 Å². The van der Waals surface area contributed by atoms with Crippen molar-refractivity contribution < 1.29 is 15.0 Å². The predicted molar refractivity (Wildman–Crippen MR) is 37.5 cm³/mol. The van der Waals surface area contributed by atoms with Crippen LogP contribution in [0.3, 0.4) is 0 Å². The molecule has 0 aromatic rings. The summed E-state index contributed by atoms with van der Waals surface area (Å²) in [5.41, 5.74) is -1.61. The van der Waals surface area contributed by atoms with Crippen LogP contribution in [-0.4, -0.2) is 44.6 Å². The number of aliphatic hydroxyl groups excluding tert-OH is 1. The molecule has 5 nitrogen and oxygen atoms in total. The number of urea groups is 1. The van der Waals surface area contributed by atoms with Crippen molar-refractivity contribution in [1.82, 2.24) is 9.32 Å². The second-order valence-corrected chi connectivity index (χ2v) is 2.98. The van der Waals surface area contributed by atoms with Gasteiger partial charge in [0.25, 0.3) is 0 Å². The van der Waals surface area contributed by atoms with Crippen LogP contribution in [0.5, 0.6) is 0 Å². The van der Waals surface area contributed by atoms with Crippen LogP contribution < -0.4 is 0 Å². The summed E-state index contributed by atoms with van der Waals surface area (Å²) in [6.45, 7) is 1.30. The molecule has 0 aromatic heterocycles. The molecule has 1 saturated heterocycles. The molecule has 2 N–H and O–H groups in total. The van der Waals surface area contributed by atoms with Crippen molar-refractivity contribution in [2.24, 2.45) is 0 Å². The maximum atomic E-state index is 10.9. The van der Waals surface area contributed by atoms with E-state index in [1.807, 2.05) is 0 Å². The lowest BCUT2D eigenvalue weighted by molar-refractivity contribution is -0.127. The summed E-state index contributed by atoms with van der Waals surface area (Å²) in [5.74, 6) is 0. The largest absolute Gasteiger partial charge is 0.368 e. The number of aliphatic hydroxyl groups is 2. The Bertz CT molecular complexity index is 196. The summed E-state index contributed by atoms with van der Waals surface area (Å²) < 4.78 is 0.556. The minimum absolute atomic E-state index is 0.556. The highest BCUT2D eigenvalue weighted by Gasteiger charge is 2.51. The Morgan fingerprint density at radius 3 is 2.27 bits per heavy atom. The summed E-state index contributed by atoms with van der Waals surface area (Å²) in [5, 5.41) is 18.5. The highest BCUT2D eigenvalue weighted by Crippen LogP contribution is 2.28. The molecule has 0 saturated carbocycles. The van der Waals surface area contributed by atoms with E-state index < -0.39 is 18.0 Å². The summed E-state index contributed by atoms with van der Waals surface area (Å²) in [7, 11) is 1.36.